The highest BCUT2D eigenvalue weighted by Gasteiger charge is 2.55. The van der Waals surface area contributed by atoms with Crippen LogP contribution in [0.15, 0.2) is 48.5 Å². The van der Waals surface area contributed by atoms with Gasteiger partial charge in [0.05, 0.1) is 0 Å². The van der Waals surface area contributed by atoms with Crippen molar-refractivity contribution in [2.45, 2.75) is 18.8 Å². The number of rotatable bonds is 0. The first-order chi connectivity index (χ1) is 9.66. The molecule has 20 heavy (non-hydrogen) atoms. The molecule has 4 rings (SSSR count). The number of carbonyl (C=O) groups excluding carboxylic acids is 1. The fourth-order valence-corrected chi connectivity index (χ4v) is 3.47. The molecule has 1 saturated heterocycles. The van der Waals surface area contributed by atoms with E-state index in [1.54, 1.807) is 4.90 Å². The van der Waals surface area contributed by atoms with Crippen LogP contribution < -0.4 is 0 Å². The van der Waals surface area contributed by atoms with Crippen LogP contribution in [0.3, 0.4) is 0 Å². The molecule has 1 aliphatic heterocycles. The first-order valence-electron chi connectivity index (χ1n) is 6.81. The van der Waals surface area contributed by atoms with Gasteiger partial charge in [0.1, 0.15) is 6.10 Å². The first kappa shape index (κ1) is 11.7. The molecular weight excluding hydrogens is 250 g/mol. The monoisotopic (exact) mass is 265 g/mol. The molecule has 1 aliphatic carbocycles. The van der Waals surface area contributed by atoms with Gasteiger partial charge in [0.25, 0.3) is 5.91 Å². The Balaban J connectivity index is 2.08. The molecule has 3 nitrogen and oxygen atoms in total. The minimum absolute atomic E-state index is 0.0245. The predicted octanol–water partition coefficient (Wildman–Crippen LogP) is 2.75. The lowest BCUT2D eigenvalue weighted by Gasteiger charge is -2.32. The number of hydrogen-bond donors (Lipinski definition) is 0. The lowest BCUT2D eigenvalue weighted by atomic mass is 10.00. The van der Waals surface area contributed by atoms with Gasteiger partial charge >= 0.3 is 0 Å². The molecule has 1 amide bonds. The second kappa shape index (κ2) is 3.70. The zero-order chi connectivity index (χ0) is 13.9. The standard InChI is InChI=1S/C17H15NO2/c1-11-16(19)18(2)17(20-11)14-9-5-3-7-12(14)13-8-4-6-10-15(13)17/h3-11H,1-2H3. The average molecular weight is 265 g/mol. The van der Waals surface area contributed by atoms with Gasteiger partial charge in [0, 0.05) is 18.2 Å². The van der Waals surface area contributed by atoms with Crippen molar-refractivity contribution in [3.63, 3.8) is 0 Å². The number of likely N-dealkylation sites (N-methyl/N-ethyl adjacent to an activating group) is 1. The molecule has 0 saturated carbocycles. The van der Waals surface area contributed by atoms with E-state index in [1.165, 1.54) is 0 Å². The highest BCUT2D eigenvalue weighted by Crippen LogP contribution is 2.53. The summed E-state index contributed by atoms with van der Waals surface area (Å²) < 4.78 is 6.16. The molecule has 0 bridgehead atoms. The Labute approximate surface area is 117 Å². The predicted molar refractivity (Wildman–Crippen MR) is 76.0 cm³/mol. The number of ether oxygens (including phenoxy) is 1. The maximum atomic E-state index is 12.3. The number of amides is 1. The Kier molecular flexibility index (Phi) is 2.16. The fourth-order valence-electron chi connectivity index (χ4n) is 3.47. The summed E-state index contributed by atoms with van der Waals surface area (Å²) in [6, 6.07) is 16.3. The quantitative estimate of drug-likeness (QED) is 0.733. The molecule has 1 unspecified atom stereocenters. The smallest absolute Gasteiger partial charge is 0.254 e. The van der Waals surface area contributed by atoms with Crippen molar-refractivity contribution >= 4 is 5.91 Å². The van der Waals surface area contributed by atoms with Crippen LogP contribution in [0.1, 0.15) is 18.1 Å². The van der Waals surface area contributed by atoms with E-state index < -0.39 is 11.8 Å². The van der Waals surface area contributed by atoms with Gasteiger partial charge in [-0.15, -0.1) is 0 Å². The van der Waals surface area contributed by atoms with E-state index in [0.29, 0.717) is 0 Å². The molecule has 3 heteroatoms. The molecule has 1 spiro atoms. The molecule has 1 fully saturated rings. The van der Waals surface area contributed by atoms with Gasteiger partial charge in [-0.2, -0.15) is 0 Å². The second-order valence-corrected chi connectivity index (χ2v) is 5.39. The SMILES string of the molecule is CC1OC2(c3ccccc3-c3ccccc32)N(C)C1=O. The number of nitrogens with zero attached hydrogens (tertiary/aromatic N) is 1. The zero-order valence-corrected chi connectivity index (χ0v) is 11.5. The highest BCUT2D eigenvalue weighted by molar-refractivity contribution is 5.88. The second-order valence-electron chi connectivity index (χ2n) is 5.39. The molecule has 0 aromatic heterocycles. The molecule has 0 radical (unpaired) electrons. The first-order valence-corrected chi connectivity index (χ1v) is 6.81. The third-order valence-corrected chi connectivity index (χ3v) is 4.37. The third kappa shape index (κ3) is 1.17. The fraction of sp³-hybridized carbons (Fsp3) is 0.235. The van der Waals surface area contributed by atoms with Crippen LogP contribution in [-0.4, -0.2) is 24.0 Å². The largest absolute Gasteiger partial charge is 0.334 e. The molecule has 1 atom stereocenters. The third-order valence-electron chi connectivity index (χ3n) is 4.37. The normalized spacial score (nSPS) is 22.2. The van der Waals surface area contributed by atoms with Crippen molar-refractivity contribution in [3.8, 4) is 11.1 Å². The van der Waals surface area contributed by atoms with E-state index in [4.69, 9.17) is 4.74 Å². The zero-order valence-electron chi connectivity index (χ0n) is 11.5. The minimum Gasteiger partial charge on any atom is -0.334 e. The Morgan fingerprint density at radius 2 is 1.50 bits per heavy atom. The van der Waals surface area contributed by atoms with Gasteiger partial charge in [-0.3, -0.25) is 4.79 Å². The van der Waals surface area contributed by atoms with E-state index >= 15 is 0 Å². The highest BCUT2D eigenvalue weighted by atomic mass is 16.6. The topological polar surface area (TPSA) is 29.5 Å². The van der Waals surface area contributed by atoms with Crippen LogP contribution in [0.2, 0.25) is 0 Å². The lowest BCUT2D eigenvalue weighted by Crippen LogP contribution is -2.41. The van der Waals surface area contributed by atoms with Crippen molar-refractivity contribution < 1.29 is 9.53 Å². The van der Waals surface area contributed by atoms with Crippen LogP contribution in [0, 0.1) is 0 Å². The van der Waals surface area contributed by atoms with E-state index in [9.17, 15) is 4.79 Å². The summed E-state index contributed by atoms with van der Waals surface area (Å²) in [5.74, 6) is 0.0245. The minimum atomic E-state index is -0.760. The van der Waals surface area contributed by atoms with Gasteiger partial charge < -0.3 is 9.64 Å². The summed E-state index contributed by atoms with van der Waals surface area (Å²) in [7, 11) is 1.82. The summed E-state index contributed by atoms with van der Waals surface area (Å²) in [4.78, 5) is 14.0. The molecule has 0 N–H and O–H groups in total. The molecule has 1 heterocycles. The number of fused-ring (bicyclic) bond motifs is 5. The average Bonchev–Trinajstić information content (AvgIpc) is 2.89. The molecule has 2 aliphatic rings. The molecule has 2 aromatic rings. The van der Waals surface area contributed by atoms with E-state index in [2.05, 4.69) is 24.3 Å². The summed E-state index contributed by atoms with van der Waals surface area (Å²) in [5.41, 5.74) is 3.65. The van der Waals surface area contributed by atoms with Crippen LogP contribution in [0.25, 0.3) is 11.1 Å². The summed E-state index contributed by atoms with van der Waals surface area (Å²) in [5, 5.41) is 0. The molecular formula is C17H15NO2. The molecule has 2 aromatic carbocycles. The van der Waals surface area contributed by atoms with Crippen molar-refractivity contribution in [3.05, 3.63) is 59.7 Å². The Hall–Kier alpha value is -2.13. The lowest BCUT2D eigenvalue weighted by molar-refractivity contribution is -0.129. The van der Waals surface area contributed by atoms with Gasteiger partial charge in [0.15, 0.2) is 5.72 Å². The van der Waals surface area contributed by atoms with Crippen LogP contribution in [0.4, 0.5) is 0 Å². The number of hydrogen-bond acceptors (Lipinski definition) is 2. The van der Waals surface area contributed by atoms with E-state index in [-0.39, 0.29) is 5.91 Å². The van der Waals surface area contributed by atoms with Crippen molar-refractivity contribution in [1.82, 2.24) is 4.90 Å². The maximum Gasteiger partial charge on any atom is 0.254 e. The van der Waals surface area contributed by atoms with Crippen molar-refractivity contribution in [2.24, 2.45) is 0 Å². The van der Waals surface area contributed by atoms with Gasteiger partial charge in [-0.1, -0.05) is 48.5 Å². The summed E-state index contributed by atoms with van der Waals surface area (Å²) in [6.07, 6.45) is -0.417. The summed E-state index contributed by atoms with van der Waals surface area (Å²) in [6.45, 7) is 1.82. The van der Waals surface area contributed by atoms with Gasteiger partial charge in [0.2, 0.25) is 0 Å². The van der Waals surface area contributed by atoms with Crippen molar-refractivity contribution in [1.29, 1.82) is 0 Å². The Bertz CT molecular complexity index is 677. The Morgan fingerprint density at radius 3 is 1.95 bits per heavy atom. The number of carbonyl (C=O) groups is 1. The Morgan fingerprint density at radius 1 is 1.00 bits per heavy atom. The van der Waals surface area contributed by atoms with Crippen LogP contribution in [0.5, 0.6) is 0 Å². The number of benzene rings is 2. The van der Waals surface area contributed by atoms with E-state index in [1.807, 2.05) is 38.2 Å². The van der Waals surface area contributed by atoms with Crippen LogP contribution >= 0.6 is 0 Å². The summed E-state index contributed by atoms with van der Waals surface area (Å²) >= 11 is 0. The van der Waals surface area contributed by atoms with Crippen LogP contribution in [-0.2, 0) is 15.3 Å². The van der Waals surface area contributed by atoms with E-state index in [0.717, 1.165) is 22.3 Å². The molecule has 100 valence electrons. The van der Waals surface area contributed by atoms with Gasteiger partial charge in [-0.05, 0) is 18.1 Å². The van der Waals surface area contributed by atoms with Gasteiger partial charge in [-0.25, -0.2) is 0 Å². The maximum absolute atomic E-state index is 12.3. The van der Waals surface area contributed by atoms with Crippen molar-refractivity contribution in [2.75, 3.05) is 7.05 Å².